The SMILES string of the molecule is Cc1c(CC#N)nc(CC(C)C)n1C. The molecule has 1 rings (SSSR count). The predicted molar refractivity (Wildman–Crippen MR) is 55.8 cm³/mol. The Morgan fingerprint density at radius 3 is 2.64 bits per heavy atom. The molecule has 0 fully saturated rings. The third-order valence-electron chi connectivity index (χ3n) is 2.41. The van der Waals surface area contributed by atoms with E-state index in [-0.39, 0.29) is 0 Å². The first-order valence-corrected chi connectivity index (χ1v) is 4.94. The maximum absolute atomic E-state index is 8.63. The van der Waals surface area contributed by atoms with E-state index < -0.39 is 0 Å². The molecule has 0 aliphatic rings. The summed E-state index contributed by atoms with van der Waals surface area (Å²) in [5.74, 6) is 1.69. The Bertz CT molecular complexity index is 355. The van der Waals surface area contributed by atoms with Gasteiger partial charge in [-0.3, -0.25) is 0 Å². The Labute approximate surface area is 85.4 Å². The van der Waals surface area contributed by atoms with Crippen molar-refractivity contribution >= 4 is 0 Å². The van der Waals surface area contributed by atoms with Gasteiger partial charge in [0.25, 0.3) is 0 Å². The van der Waals surface area contributed by atoms with Crippen LogP contribution in [0.3, 0.4) is 0 Å². The molecule has 76 valence electrons. The van der Waals surface area contributed by atoms with Gasteiger partial charge in [0.15, 0.2) is 0 Å². The topological polar surface area (TPSA) is 41.6 Å². The highest BCUT2D eigenvalue weighted by Crippen LogP contribution is 2.13. The molecular formula is C11H17N3. The lowest BCUT2D eigenvalue weighted by Crippen LogP contribution is -2.03. The maximum atomic E-state index is 8.63. The molecule has 0 spiro atoms. The van der Waals surface area contributed by atoms with E-state index in [2.05, 4.69) is 29.5 Å². The van der Waals surface area contributed by atoms with Gasteiger partial charge in [-0.25, -0.2) is 4.98 Å². The number of rotatable bonds is 3. The van der Waals surface area contributed by atoms with Crippen LogP contribution in [0.25, 0.3) is 0 Å². The van der Waals surface area contributed by atoms with E-state index in [4.69, 9.17) is 5.26 Å². The van der Waals surface area contributed by atoms with Crippen LogP contribution in [0.15, 0.2) is 0 Å². The molecule has 14 heavy (non-hydrogen) atoms. The molecule has 0 radical (unpaired) electrons. The molecule has 0 bridgehead atoms. The lowest BCUT2D eigenvalue weighted by molar-refractivity contribution is 0.599. The van der Waals surface area contributed by atoms with Crippen molar-refractivity contribution in [3.05, 3.63) is 17.2 Å². The standard InChI is InChI=1S/C11H17N3/c1-8(2)7-11-13-10(5-6-12)9(3)14(11)4/h8H,5,7H2,1-4H3. The number of nitriles is 1. The van der Waals surface area contributed by atoms with Crippen LogP contribution in [0.5, 0.6) is 0 Å². The molecule has 0 atom stereocenters. The molecule has 1 aromatic heterocycles. The van der Waals surface area contributed by atoms with Gasteiger partial charge >= 0.3 is 0 Å². The largest absolute Gasteiger partial charge is 0.335 e. The highest BCUT2D eigenvalue weighted by atomic mass is 15.1. The van der Waals surface area contributed by atoms with Crippen LogP contribution in [-0.2, 0) is 19.9 Å². The summed E-state index contributed by atoms with van der Waals surface area (Å²) < 4.78 is 2.09. The highest BCUT2D eigenvalue weighted by molar-refractivity contribution is 5.18. The number of imidazole rings is 1. The first-order valence-electron chi connectivity index (χ1n) is 4.94. The summed E-state index contributed by atoms with van der Waals surface area (Å²) in [6.45, 7) is 6.37. The van der Waals surface area contributed by atoms with Crippen molar-refractivity contribution in [1.29, 1.82) is 5.26 Å². The molecule has 1 aromatic rings. The van der Waals surface area contributed by atoms with Gasteiger partial charge in [0.2, 0.25) is 0 Å². The van der Waals surface area contributed by atoms with Crippen LogP contribution in [0, 0.1) is 24.2 Å². The summed E-state index contributed by atoms with van der Waals surface area (Å²) >= 11 is 0. The molecule has 3 heteroatoms. The zero-order chi connectivity index (χ0) is 10.7. The highest BCUT2D eigenvalue weighted by Gasteiger charge is 2.11. The number of hydrogen-bond donors (Lipinski definition) is 0. The van der Waals surface area contributed by atoms with E-state index in [9.17, 15) is 0 Å². The Morgan fingerprint density at radius 2 is 2.14 bits per heavy atom. The molecule has 0 aromatic carbocycles. The summed E-state index contributed by atoms with van der Waals surface area (Å²) in [5, 5.41) is 8.63. The van der Waals surface area contributed by atoms with Crippen molar-refractivity contribution < 1.29 is 0 Å². The van der Waals surface area contributed by atoms with Crippen LogP contribution in [-0.4, -0.2) is 9.55 Å². The van der Waals surface area contributed by atoms with Crippen LogP contribution in [0.4, 0.5) is 0 Å². The fraction of sp³-hybridized carbons (Fsp3) is 0.636. The average molecular weight is 191 g/mol. The molecule has 0 amide bonds. The molecule has 1 heterocycles. The van der Waals surface area contributed by atoms with Crippen molar-refractivity contribution in [2.24, 2.45) is 13.0 Å². The first-order chi connectivity index (χ1) is 6.56. The Kier molecular flexibility index (Phi) is 3.29. The summed E-state index contributed by atoms with van der Waals surface area (Å²) in [5.41, 5.74) is 2.04. The van der Waals surface area contributed by atoms with Crippen LogP contribution in [0.1, 0.15) is 31.1 Å². The van der Waals surface area contributed by atoms with Crippen LogP contribution < -0.4 is 0 Å². The van der Waals surface area contributed by atoms with E-state index in [1.807, 2.05) is 14.0 Å². The minimum Gasteiger partial charge on any atom is -0.335 e. The molecule has 3 nitrogen and oxygen atoms in total. The monoisotopic (exact) mass is 191 g/mol. The van der Waals surface area contributed by atoms with Gasteiger partial charge in [-0.1, -0.05) is 13.8 Å². The fourth-order valence-corrected chi connectivity index (χ4v) is 1.49. The van der Waals surface area contributed by atoms with E-state index in [1.54, 1.807) is 0 Å². The average Bonchev–Trinajstić information content (AvgIpc) is 2.34. The van der Waals surface area contributed by atoms with Crippen LogP contribution in [0.2, 0.25) is 0 Å². The zero-order valence-corrected chi connectivity index (χ0v) is 9.33. The minimum atomic E-state index is 0.414. The summed E-state index contributed by atoms with van der Waals surface area (Å²) in [6, 6.07) is 2.14. The third-order valence-corrected chi connectivity index (χ3v) is 2.41. The van der Waals surface area contributed by atoms with E-state index in [0.717, 1.165) is 23.6 Å². The van der Waals surface area contributed by atoms with Crippen LogP contribution >= 0.6 is 0 Å². The van der Waals surface area contributed by atoms with Crippen molar-refractivity contribution in [2.45, 2.75) is 33.6 Å². The normalized spacial score (nSPS) is 10.6. The lowest BCUT2D eigenvalue weighted by atomic mass is 10.1. The summed E-state index contributed by atoms with van der Waals surface area (Å²) in [6.07, 6.45) is 1.39. The van der Waals surface area contributed by atoms with Gasteiger partial charge in [0.05, 0.1) is 18.2 Å². The molecule has 0 aliphatic heterocycles. The zero-order valence-electron chi connectivity index (χ0n) is 9.33. The molecule has 0 saturated carbocycles. The third kappa shape index (κ3) is 2.14. The number of aromatic nitrogens is 2. The second-order valence-corrected chi connectivity index (χ2v) is 4.05. The van der Waals surface area contributed by atoms with Gasteiger partial charge in [0, 0.05) is 19.2 Å². The summed E-state index contributed by atoms with van der Waals surface area (Å²) in [4.78, 5) is 4.48. The van der Waals surface area contributed by atoms with Gasteiger partial charge in [-0.2, -0.15) is 5.26 Å². The second kappa shape index (κ2) is 4.28. The molecule has 0 aliphatic carbocycles. The lowest BCUT2D eigenvalue weighted by Gasteiger charge is -2.04. The van der Waals surface area contributed by atoms with Crippen molar-refractivity contribution in [1.82, 2.24) is 9.55 Å². The molecule has 0 saturated heterocycles. The minimum absolute atomic E-state index is 0.414. The number of hydrogen-bond acceptors (Lipinski definition) is 2. The van der Waals surface area contributed by atoms with Gasteiger partial charge in [-0.05, 0) is 12.8 Å². The number of nitrogens with zero attached hydrogens (tertiary/aromatic N) is 3. The second-order valence-electron chi connectivity index (χ2n) is 4.05. The fourth-order valence-electron chi connectivity index (χ4n) is 1.49. The first kappa shape index (κ1) is 10.8. The Hall–Kier alpha value is -1.30. The smallest absolute Gasteiger partial charge is 0.109 e. The van der Waals surface area contributed by atoms with Gasteiger partial charge in [-0.15, -0.1) is 0 Å². The van der Waals surface area contributed by atoms with E-state index in [1.165, 1.54) is 0 Å². The van der Waals surface area contributed by atoms with E-state index in [0.29, 0.717) is 12.3 Å². The van der Waals surface area contributed by atoms with Gasteiger partial charge in [0.1, 0.15) is 5.82 Å². The van der Waals surface area contributed by atoms with E-state index >= 15 is 0 Å². The molecule has 0 N–H and O–H groups in total. The molecule has 0 unspecified atom stereocenters. The molecular weight excluding hydrogens is 174 g/mol. The maximum Gasteiger partial charge on any atom is 0.109 e. The van der Waals surface area contributed by atoms with Gasteiger partial charge < -0.3 is 4.57 Å². The predicted octanol–water partition coefficient (Wildman–Crippen LogP) is 1.99. The van der Waals surface area contributed by atoms with Crippen molar-refractivity contribution in [3.8, 4) is 6.07 Å². The summed E-state index contributed by atoms with van der Waals surface area (Å²) in [7, 11) is 2.01. The Balaban J connectivity index is 2.97. The Morgan fingerprint density at radius 1 is 1.50 bits per heavy atom. The van der Waals surface area contributed by atoms with Crippen molar-refractivity contribution in [2.75, 3.05) is 0 Å². The van der Waals surface area contributed by atoms with Crippen molar-refractivity contribution in [3.63, 3.8) is 0 Å². The quantitative estimate of drug-likeness (QED) is 0.733.